The van der Waals surface area contributed by atoms with Gasteiger partial charge in [0.25, 0.3) is 35.4 Å². The average Bonchev–Trinajstić information content (AvgIpc) is 3.77. The number of aliphatic hydroxyl groups excluding tert-OH is 1. The summed E-state index contributed by atoms with van der Waals surface area (Å²) in [6.45, 7) is 3.86. The summed E-state index contributed by atoms with van der Waals surface area (Å²) < 4.78 is 14.1. The van der Waals surface area contributed by atoms with E-state index in [9.17, 15) is 47.9 Å². The molecule has 324 valence electrons. The zero-order valence-corrected chi connectivity index (χ0v) is 43.5. The van der Waals surface area contributed by atoms with E-state index in [2.05, 4.69) is 105 Å². The Balaban J connectivity index is -0.000000731. The standard InChI is InChI=1S/C13H19NO7.C9H8N2O7.C8H16O3.I3.I2.HI/c1-2-3-4-5-12(17)19-8-9-20-13(18)21-14-10(15)6-7-11(14)16;12-5-1-2-6(13)10(5)17-9(16)18-11-7(14)3-4-8(11)15;1-2-3-4-5-8(10)11-7-6-9;1-3-2;1-2;/h2-9H2,1H3;1-4H2;9H,2-7H2,1H3;;;1H/q;;;-1;;. The zero-order chi connectivity index (χ0) is 42.2. The second-order valence-electron chi connectivity index (χ2n) is 10.5. The second kappa shape index (κ2) is 38.4. The Bertz CT molecular complexity index is 1190. The molecule has 20 nitrogen and oxygen atoms in total. The van der Waals surface area contributed by atoms with Crippen LogP contribution in [0.15, 0.2) is 0 Å². The molecule has 0 aromatic heterocycles. The third-order valence-corrected chi connectivity index (χ3v) is 6.40. The number of nitrogens with zero attached hydrogens (tertiary/aromatic N) is 3. The van der Waals surface area contributed by atoms with Crippen molar-refractivity contribution < 1.29 is 95.0 Å². The van der Waals surface area contributed by atoms with E-state index in [0.717, 1.165) is 38.5 Å². The molecular formula is C30H44I6N3O17-. The van der Waals surface area contributed by atoms with E-state index in [4.69, 9.17) is 9.84 Å². The molecule has 26 heteroatoms. The smallest absolute Gasteiger partial charge is 0.293 e. The molecule has 0 atom stereocenters. The van der Waals surface area contributed by atoms with Crippen LogP contribution in [0.3, 0.4) is 0 Å². The molecule has 0 unspecified atom stereocenters. The molecule has 0 saturated carbocycles. The average molecular weight is 1480 g/mol. The molecule has 3 aliphatic heterocycles. The van der Waals surface area contributed by atoms with Crippen LogP contribution in [0.2, 0.25) is 0 Å². The van der Waals surface area contributed by atoms with E-state index in [1.807, 2.05) is 6.92 Å². The first-order valence-electron chi connectivity index (χ1n) is 16.5. The Morgan fingerprint density at radius 2 is 0.839 bits per heavy atom. The molecule has 3 aliphatic rings. The monoisotopic (exact) mass is 1480 g/mol. The summed E-state index contributed by atoms with van der Waals surface area (Å²) >= 11 is 9.54. The van der Waals surface area contributed by atoms with Crippen LogP contribution in [0, 0.1) is 0 Å². The largest absolute Gasteiger partial charge is 0.560 e. The molecule has 3 heterocycles. The number of ether oxygens (including phenoxy) is 3. The molecule has 3 saturated heterocycles. The van der Waals surface area contributed by atoms with Gasteiger partial charge in [-0.1, -0.05) is 54.7 Å². The van der Waals surface area contributed by atoms with Crippen molar-refractivity contribution in [2.24, 2.45) is 0 Å². The maximum atomic E-state index is 11.2. The first kappa shape index (κ1) is 59.6. The van der Waals surface area contributed by atoms with Crippen molar-refractivity contribution in [3.8, 4) is 0 Å². The summed E-state index contributed by atoms with van der Waals surface area (Å²) in [5.74, 6) is -4.46. The number of esters is 2. The second-order valence-corrected chi connectivity index (χ2v) is 26.7. The Morgan fingerprint density at radius 1 is 0.554 bits per heavy atom. The molecule has 0 aromatic rings. The normalized spacial score (nSPS) is 14.1. The van der Waals surface area contributed by atoms with Crippen molar-refractivity contribution in [3.63, 3.8) is 0 Å². The molecular weight excluding hydrogens is 1440 g/mol. The van der Waals surface area contributed by atoms with Crippen LogP contribution in [0.25, 0.3) is 0 Å². The third kappa shape index (κ3) is 28.6. The molecule has 3 fully saturated rings. The van der Waals surface area contributed by atoms with E-state index >= 15 is 0 Å². The van der Waals surface area contributed by atoms with Crippen molar-refractivity contribution in [1.82, 2.24) is 15.2 Å². The quantitative estimate of drug-likeness (QED) is 0.0766. The van der Waals surface area contributed by atoms with Crippen LogP contribution < -0.4 is 13.3 Å². The summed E-state index contributed by atoms with van der Waals surface area (Å²) in [5, 5.41) is 9.21. The van der Waals surface area contributed by atoms with Gasteiger partial charge in [-0.2, -0.15) is 4.79 Å². The summed E-state index contributed by atoms with van der Waals surface area (Å²) in [5.41, 5.74) is 0. The minimum atomic E-state index is -1.48. The van der Waals surface area contributed by atoms with Gasteiger partial charge < -0.3 is 19.3 Å². The fourth-order valence-electron chi connectivity index (χ4n) is 3.86. The maximum Gasteiger partial charge on any atom is 0.560 e. The topological polar surface area (TPSA) is 256 Å². The number of halogens is 6. The molecule has 0 spiro atoms. The van der Waals surface area contributed by atoms with Gasteiger partial charge in [-0.3, -0.25) is 52.9 Å². The Labute approximate surface area is 393 Å². The number of hydrogen-bond acceptors (Lipinski definition) is 17. The van der Waals surface area contributed by atoms with E-state index in [1.165, 1.54) is 0 Å². The summed E-state index contributed by atoms with van der Waals surface area (Å²) in [4.78, 5) is 124. The molecule has 56 heavy (non-hydrogen) atoms. The van der Waals surface area contributed by atoms with Gasteiger partial charge in [0, 0.05) is 88.6 Å². The number of carbonyl (C=O) groups excluding carboxylic acids is 10. The van der Waals surface area contributed by atoms with Gasteiger partial charge in [0.05, 0.1) is 6.61 Å². The third-order valence-electron chi connectivity index (χ3n) is 6.40. The van der Waals surface area contributed by atoms with Crippen LogP contribution in [0.5, 0.6) is 0 Å². The fraction of sp³-hybridized carbons (Fsp3) is 0.667. The molecule has 0 radical (unpaired) electrons. The van der Waals surface area contributed by atoms with E-state index < -0.39 is 47.8 Å². The molecule has 0 aliphatic carbocycles. The SMILES string of the molecule is CCCCCC(=O)OCCO.CCCCCC(=O)OCCOC(=O)ON1C(=O)CCC1=O.I.II.I[I-]I.O=C(ON1C(=O)CCC1=O)ON1C(=O)CCC1=O. The van der Waals surface area contributed by atoms with E-state index in [-0.39, 0.29) is 111 Å². The van der Waals surface area contributed by atoms with Gasteiger partial charge in [-0.25, -0.2) is 4.79 Å². The van der Waals surface area contributed by atoms with Crippen molar-refractivity contribution in [2.75, 3.05) is 26.4 Å². The van der Waals surface area contributed by atoms with Crippen molar-refractivity contribution in [1.29, 1.82) is 0 Å². The van der Waals surface area contributed by atoms with Crippen molar-refractivity contribution in [3.05, 3.63) is 0 Å². The first-order chi connectivity index (χ1) is 26.2. The Kier molecular flexibility index (Phi) is 40.9. The molecule has 3 rings (SSSR count). The van der Waals surface area contributed by atoms with Crippen LogP contribution >= 0.6 is 98.4 Å². The molecule has 0 bridgehead atoms. The van der Waals surface area contributed by atoms with Gasteiger partial charge >= 0.3 is 74.7 Å². The molecule has 0 aromatic carbocycles. The van der Waals surface area contributed by atoms with Gasteiger partial charge in [-0.05, 0) is 12.8 Å². The fourth-order valence-corrected chi connectivity index (χ4v) is 3.86. The predicted molar refractivity (Wildman–Crippen MR) is 232 cm³/mol. The van der Waals surface area contributed by atoms with Crippen molar-refractivity contribution in [2.45, 2.75) is 104 Å². The first-order valence-corrected chi connectivity index (χ1v) is 35.4. The van der Waals surface area contributed by atoms with E-state index in [1.54, 1.807) is 0 Å². The number of carbonyl (C=O) groups is 10. The van der Waals surface area contributed by atoms with Crippen LogP contribution in [-0.4, -0.2) is 106 Å². The van der Waals surface area contributed by atoms with Crippen LogP contribution in [0.4, 0.5) is 9.59 Å². The summed E-state index contributed by atoms with van der Waals surface area (Å²) in [6, 6.07) is 0. The van der Waals surface area contributed by atoms with Crippen molar-refractivity contribution >= 4 is 158 Å². The summed E-state index contributed by atoms with van der Waals surface area (Å²) in [6.07, 6.45) is 3.71. The Hall–Kier alpha value is -0.760. The number of hydrogen-bond donors (Lipinski definition) is 1. The molecule has 6 amide bonds. The van der Waals surface area contributed by atoms with Crippen LogP contribution in [0.1, 0.15) is 104 Å². The van der Waals surface area contributed by atoms with Crippen LogP contribution in [-0.2, 0) is 67.1 Å². The Morgan fingerprint density at radius 3 is 1.14 bits per heavy atom. The number of aliphatic hydroxyl groups is 1. The van der Waals surface area contributed by atoms with Gasteiger partial charge in [0.2, 0.25) is 0 Å². The molecule has 1 N–H and O–H groups in total. The minimum absolute atomic E-state index is 0. The number of amides is 6. The number of unbranched alkanes of at least 4 members (excludes halogenated alkanes) is 4. The maximum absolute atomic E-state index is 11.2. The number of rotatable bonds is 16. The summed E-state index contributed by atoms with van der Waals surface area (Å²) in [7, 11) is 0. The van der Waals surface area contributed by atoms with Gasteiger partial charge in [0.1, 0.15) is 19.8 Å². The van der Waals surface area contributed by atoms with E-state index in [0.29, 0.717) is 31.2 Å². The van der Waals surface area contributed by atoms with Gasteiger partial charge in [-0.15, -0.1) is 24.0 Å². The number of imide groups is 3. The predicted octanol–water partition coefficient (Wildman–Crippen LogP) is 2.86. The minimum Gasteiger partial charge on any atom is -0.293 e. The zero-order valence-electron chi connectivity index (χ0n) is 30.3. The number of hydroxylamine groups is 6. The van der Waals surface area contributed by atoms with Gasteiger partial charge in [0.15, 0.2) is 0 Å².